The van der Waals surface area contributed by atoms with Crippen LogP contribution >= 0.6 is 0 Å². The molecule has 0 aromatic heterocycles. The van der Waals surface area contributed by atoms with E-state index in [-0.39, 0.29) is 0 Å². The molecule has 100 valence electrons. The Morgan fingerprint density at radius 2 is 2.06 bits per heavy atom. The van der Waals surface area contributed by atoms with Crippen molar-refractivity contribution in [2.45, 2.75) is 39.5 Å². The zero-order valence-electron chi connectivity index (χ0n) is 11.8. The van der Waals surface area contributed by atoms with Crippen molar-refractivity contribution in [1.29, 1.82) is 0 Å². The fourth-order valence-corrected chi connectivity index (χ4v) is 1.87. The molecule has 1 aromatic rings. The van der Waals surface area contributed by atoms with Crippen LogP contribution in [0, 0.1) is 0 Å². The van der Waals surface area contributed by atoms with Gasteiger partial charge in [0.25, 0.3) is 0 Å². The van der Waals surface area contributed by atoms with Crippen molar-refractivity contribution in [3.8, 4) is 5.75 Å². The fraction of sp³-hybridized carbons (Fsp3) is 0.500. The van der Waals surface area contributed by atoms with Gasteiger partial charge in [-0.15, -0.1) is 0 Å². The second-order valence-corrected chi connectivity index (χ2v) is 4.61. The van der Waals surface area contributed by atoms with Crippen LogP contribution in [-0.2, 0) is 11.2 Å². The molecular weight excluding hydrogens is 224 g/mol. The van der Waals surface area contributed by atoms with Gasteiger partial charge in [-0.25, -0.2) is 0 Å². The van der Waals surface area contributed by atoms with Crippen molar-refractivity contribution in [3.63, 3.8) is 0 Å². The van der Waals surface area contributed by atoms with E-state index in [9.17, 15) is 0 Å². The van der Waals surface area contributed by atoms with Crippen molar-refractivity contribution in [2.75, 3.05) is 13.9 Å². The SMILES string of the molecule is C=C(C)c1ccc(OCOC)c(CCCCC)c1. The molecule has 0 saturated carbocycles. The van der Waals surface area contributed by atoms with Gasteiger partial charge in [0.2, 0.25) is 0 Å². The van der Waals surface area contributed by atoms with Crippen LogP contribution in [0.25, 0.3) is 5.57 Å². The van der Waals surface area contributed by atoms with Crippen molar-refractivity contribution in [2.24, 2.45) is 0 Å². The molecule has 0 aliphatic carbocycles. The molecule has 1 rings (SSSR count). The van der Waals surface area contributed by atoms with E-state index in [1.165, 1.54) is 30.4 Å². The van der Waals surface area contributed by atoms with E-state index in [0.29, 0.717) is 6.79 Å². The number of ether oxygens (including phenoxy) is 2. The van der Waals surface area contributed by atoms with Gasteiger partial charge in [-0.3, -0.25) is 0 Å². The maximum absolute atomic E-state index is 5.60. The summed E-state index contributed by atoms with van der Waals surface area (Å²) in [4.78, 5) is 0. The minimum absolute atomic E-state index is 0.299. The number of allylic oxidation sites excluding steroid dienone is 1. The van der Waals surface area contributed by atoms with Crippen LogP contribution in [0.3, 0.4) is 0 Å². The highest BCUT2D eigenvalue weighted by molar-refractivity contribution is 5.63. The van der Waals surface area contributed by atoms with Gasteiger partial charge in [0.15, 0.2) is 6.79 Å². The lowest BCUT2D eigenvalue weighted by atomic mass is 10.0. The van der Waals surface area contributed by atoms with Gasteiger partial charge in [-0.1, -0.05) is 38.0 Å². The summed E-state index contributed by atoms with van der Waals surface area (Å²) < 4.78 is 10.6. The van der Waals surface area contributed by atoms with E-state index >= 15 is 0 Å². The zero-order valence-corrected chi connectivity index (χ0v) is 11.8. The molecule has 2 nitrogen and oxygen atoms in total. The summed E-state index contributed by atoms with van der Waals surface area (Å²) in [7, 11) is 1.64. The first-order valence-electron chi connectivity index (χ1n) is 6.59. The molecule has 0 radical (unpaired) electrons. The Labute approximate surface area is 111 Å². The van der Waals surface area contributed by atoms with Gasteiger partial charge in [0.05, 0.1) is 0 Å². The lowest BCUT2D eigenvalue weighted by Crippen LogP contribution is -2.02. The number of hydrogen-bond acceptors (Lipinski definition) is 2. The molecule has 0 aliphatic rings. The molecule has 0 heterocycles. The van der Waals surface area contributed by atoms with E-state index in [2.05, 4.69) is 25.6 Å². The maximum atomic E-state index is 5.60. The van der Waals surface area contributed by atoms with E-state index in [1.807, 2.05) is 13.0 Å². The summed E-state index contributed by atoms with van der Waals surface area (Å²) in [5.74, 6) is 0.929. The number of methoxy groups -OCH3 is 1. The molecule has 1 aromatic carbocycles. The largest absolute Gasteiger partial charge is 0.467 e. The lowest BCUT2D eigenvalue weighted by Gasteiger charge is -2.12. The Morgan fingerprint density at radius 1 is 1.28 bits per heavy atom. The second kappa shape index (κ2) is 7.93. The van der Waals surface area contributed by atoms with Crippen molar-refractivity contribution < 1.29 is 9.47 Å². The van der Waals surface area contributed by atoms with Crippen molar-refractivity contribution >= 4 is 5.57 Å². The second-order valence-electron chi connectivity index (χ2n) is 4.61. The van der Waals surface area contributed by atoms with Gasteiger partial charge in [-0.2, -0.15) is 0 Å². The first-order chi connectivity index (χ1) is 8.69. The maximum Gasteiger partial charge on any atom is 0.188 e. The van der Waals surface area contributed by atoms with Crippen molar-refractivity contribution in [3.05, 3.63) is 35.9 Å². The summed E-state index contributed by atoms with van der Waals surface area (Å²) in [6.07, 6.45) is 4.73. The van der Waals surface area contributed by atoms with E-state index < -0.39 is 0 Å². The van der Waals surface area contributed by atoms with Gasteiger partial charge < -0.3 is 9.47 Å². The Bertz CT molecular complexity index is 383. The molecule has 18 heavy (non-hydrogen) atoms. The molecule has 0 saturated heterocycles. The Balaban J connectivity index is 2.83. The van der Waals surface area contributed by atoms with Gasteiger partial charge in [0, 0.05) is 7.11 Å². The zero-order chi connectivity index (χ0) is 13.4. The van der Waals surface area contributed by atoms with Crippen LogP contribution in [0.15, 0.2) is 24.8 Å². The topological polar surface area (TPSA) is 18.5 Å². The molecule has 2 heteroatoms. The van der Waals surface area contributed by atoms with Gasteiger partial charge in [0.1, 0.15) is 5.75 Å². The average molecular weight is 248 g/mol. The minimum atomic E-state index is 0.299. The quantitative estimate of drug-likeness (QED) is 0.500. The van der Waals surface area contributed by atoms with Gasteiger partial charge >= 0.3 is 0 Å². The number of aryl methyl sites for hydroxylation is 1. The van der Waals surface area contributed by atoms with E-state index in [4.69, 9.17) is 9.47 Å². The Morgan fingerprint density at radius 3 is 2.67 bits per heavy atom. The number of unbranched alkanes of at least 4 members (excludes halogenated alkanes) is 2. The molecule has 0 spiro atoms. The van der Waals surface area contributed by atoms with Crippen LogP contribution in [0.4, 0.5) is 0 Å². The smallest absolute Gasteiger partial charge is 0.188 e. The number of benzene rings is 1. The highest BCUT2D eigenvalue weighted by atomic mass is 16.7. The first-order valence-corrected chi connectivity index (χ1v) is 6.59. The summed E-state index contributed by atoms with van der Waals surface area (Å²) in [5.41, 5.74) is 3.53. The van der Waals surface area contributed by atoms with Crippen LogP contribution in [0.5, 0.6) is 5.75 Å². The molecule has 0 amide bonds. The predicted octanol–water partition coefficient (Wildman–Crippen LogP) is 4.44. The van der Waals surface area contributed by atoms with Gasteiger partial charge in [-0.05, 0) is 43.0 Å². The third-order valence-corrected chi connectivity index (χ3v) is 2.94. The standard InChI is InChI=1S/C16H24O2/c1-5-6-7-8-15-11-14(13(2)3)9-10-16(15)18-12-17-4/h9-11H,2,5-8,12H2,1,3-4H3. The Kier molecular flexibility index (Phi) is 6.51. The number of hydrogen-bond donors (Lipinski definition) is 0. The molecule has 0 unspecified atom stereocenters. The summed E-state index contributed by atoms with van der Waals surface area (Å²) in [6, 6.07) is 6.25. The molecule has 0 atom stereocenters. The van der Waals surface area contributed by atoms with E-state index in [1.54, 1.807) is 7.11 Å². The number of rotatable bonds is 8. The molecule has 0 aliphatic heterocycles. The fourth-order valence-electron chi connectivity index (χ4n) is 1.87. The third-order valence-electron chi connectivity index (χ3n) is 2.94. The first kappa shape index (κ1) is 14.8. The van der Waals surface area contributed by atoms with Crippen LogP contribution in [-0.4, -0.2) is 13.9 Å². The van der Waals surface area contributed by atoms with E-state index in [0.717, 1.165) is 17.7 Å². The summed E-state index contributed by atoms with van der Waals surface area (Å²) in [5, 5.41) is 0. The monoisotopic (exact) mass is 248 g/mol. The van der Waals surface area contributed by atoms with Crippen LogP contribution in [0.1, 0.15) is 44.2 Å². The lowest BCUT2D eigenvalue weighted by molar-refractivity contribution is 0.0504. The molecular formula is C16H24O2. The highest BCUT2D eigenvalue weighted by Crippen LogP contribution is 2.25. The Hall–Kier alpha value is -1.28. The molecule has 0 fully saturated rings. The van der Waals surface area contributed by atoms with Crippen LogP contribution < -0.4 is 4.74 Å². The minimum Gasteiger partial charge on any atom is -0.467 e. The summed E-state index contributed by atoms with van der Waals surface area (Å²) in [6.45, 7) is 8.53. The average Bonchev–Trinajstić information content (AvgIpc) is 2.37. The molecule has 0 N–H and O–H groups in total. The highest BCUT2D eigenvalue weighted by Gasteiger charge is 2.06. The normalized spacial score (nSPS) is 10.4. The van der Waals surface area contributed by atoms with Crippen LogP contribution in [0.2, 0.25) is 0 Å². The predicted molar refractivity (Wildman–Crippen MR) is 76.9 cm³/mol. The third kappa shape index (κ3) is 4.53. The van der Waals surface area contributed by atoms with Crippen molar-refractivity contribution in [1.82, 2.24) is 0 Å². The summed E-state index contributed by atoms with van der Waals surface area (Å²) >= 11 is 0. The molecule has 0 bridgehead atoms.